The highest BCUT2D eigenvalue weighted by Gasteiger charge is 2.28. The summed E-state index contributed by atoms with van der Waals surface area (Å²) in [7, 11) is 0. The van der Waals surface area contributed by atoms with Crippen molar-refractivity contribution < 1.29 is 9.53 Å². The van der Waals surface area contributed by atoms with Crippen LogP contribution in [-0.2, 0) is 4.79 Å². The lowest BCUT2D eigenvalue weighted by Gasteiger charge is -2.20. The Bertz CT molecular complexity index is 346. The average Bonchev–Trinajstić information content (AvgIpc) is 2.21. The molecule has 1 atom stereocenters. The van der Waals surface area contributed by atoms with Crippen molar-refractivity contribution in [1.29, 1.82) is 0 Å². The third-order valence-electron chi connectivity index (χ3n) is 2.22. The number of halogens is 1. The topological polar surface area (TPSA) is 52.3 Å². The summed E-state index contributed by atoms with van der Waals surface area (Å²) in [5, 5.41) is 0. The van der Waals surface area contributed by atoms with Gasteiger partial charge in [0.05, 0.1) is 0 Å². The first-order valence-corrected chi connectivity index (χ1v) is 5.80. The molecule has 0 saturated heterocycles. The van der Waals surface area contributed by atoms with Gasteiger partial charge in [0, 0.05) is 3.57 Å². The van der Waals surface area contributed by atoms with Crippen LogP contribution in [0.15, 0.2) is 24.3 Å². The summed E-state index contributed by atoms with van der Waals surface area (Å²) in [6.07, 6.45) is 0.552. The normalized spacial score (nSPS) is 14.4. The minimum atomic E-state index is -0.914. The first-order chi connectivity index (χ1) is 6.95. The van der Waals surface area contributed by atoms with Crippen LogP contribution in [0, 0.1) is 3.57 Å². The van der Waals surface area contributed by atoms with Gasteiger partial charge in [0.1, 0.15) is 11.3 Å². The Morgan fingerprint density at radius 1 is 1.47 bits per heavy atom. The van der Waals surface area contributed by atoms with Gasteiger partial charge in [-0.15, -0.1) is 0 Å². The third kappa shape index (κ3) is 3.46. The molecule has 1 unspecified atom stereocenters. The summed E-state index contributed by atoms with van der Waals surface area (Å²) in [6.45, 7) is 3.53. The molecule has 0 heterocycles. The molecule has 0 saturated carbocycles. The number of hydrogen-bond donors (Lipinski definition) is 1. The van der Waals surface area contributed by atoms with E-state index >= 15 is 0 Å². The summed E-state index contributed by atoms with van der Waals surface area (Å²) in [5.41, 5.74) is 4.85. The van der Waals surface area contributed by atoms with Crippen molar-refractivity contribution in [2.24, 2.45) is 5.73 Å². The first kappa shape index (κ1) is 12.4. The van der Waals surface area contributed by atoms with Crippen LogP contribution in [0.25, 0.3) is 0 Å². The van der Waals surface area contributed by atoms with Gasteiger partial charge < -0.3 is 10.5 Å². The van der Waals surface area contributed by atoms with Gasteiger partial charge in [0.15, 0.2) is 0 Å². The predicted molar refractivity (Wildman–Crippen MR) is 67.7 cm³/mol. The zero-order chi connectivity index (χ0) is 11.5. The van der Waals surface area contributed by atoms with Crippen molar-refractivity contribution in [3.8, 4) is 5.75 Å². The molecule has 0 radical (unpaired) electrons. The molecule has 1 aromatic rings. The van der Waals surface area contributed by atoms with Crippen molar-refractivity contribution in [3.63, 3.8) is 0 Å². The molecule has 2 N–H and O–H groups in total. The minimum absolute atomic E-state index is 0.397. The second-order valence-electron chi connectivity index (χ2n) is 3.61. The van der Waals surface area contributed by atoms with Gasteiger partial charge in [-0.1, -0.05) is 6.92 Å². The summed E-state index contributed by atoms with van der Waals surface area (Å²) in [6, 6.07) is 7.27. The molecule has 0 aromatic heterocycles. The highest BCUT2D eigenvalue weighted by molar-refractivity contribution is 14.1. The molecule has 0 fully saturated rings. The molecule has 0 aliphatic heterocycles. The van der Waals surface area contributed by atoms with Crippen LogP contribution in [0.2, 0.25) is 0 Å². The Hall–Kier alpha value is -0.620. The van der Waals surface area contributed by atoms with Gasteiger partial charge in [-0.05, 0) is 60.2 Å². The quantitative estimate of drug-likeness (QED) is 0.528. The lowest BCUT2D eigenvalue weighted by Crippen LogP contribution is -2.46. The first-order valence-electron chi connectivity index (χ1n) is 4.72. The fourth-order valence-corrected chi connectivity index (χ4v) is 1.23. The van der Waals surface area contributed by atoms with Crippen molar-refractivity contribution in [2.45, 2.75) is 25.8 Å². The number of carbonyl (C=O) groups excluding carboxylic acids is 1. The van der Waals surface area contributed by atoms with Gasteiger partial charge in [-0.25, -0.2) is 4.79 Å². The van der Waals surface area contributed by atoms with Gasteiger partial charge in [0.2, 0.25) is 0 Å². The van der Waals surface area contributed by atoms with Crippen LogP contribution >= 0.6 is 22.6 Å². The molecule has 0 bridgehead atoms. The second kappa shape index (κ2) is 4.94. The maximum Gasteiger partial charge on any atom is 0.331 e. The lowest BCUT2D eigenvalue weighted by atomic mass is 10.0. The molecule has 0 aliphatic carbocycles. The Morgan fingerprint density at radius 3 is 2.47 bits per heavy atom. The number of esters is 1. The number of benzene rings is 1. The molecule has 15 heavy (non-hydrogen) atoms. The second-order valence-corrected chi connectivity index (χ2v) is 4.86. The largest absolute Gasteiger partial charge is 0.425 e. The molecule has 82 valence electrons. The maximum atomic E-state index is 11.6. The van der Waals surface area contributed by atoms with Crippen molar-refractivity contribution in [1.82, 2.24) is 0 Å². The molecule has 0 spiro atoms. The van der Waals surface area contributed by atoms with E-state index in [1.807, 2.05) is 19.1 Å². The zero-order valence-electron chi connectivity index (χ0n) is 8.79. The van der Waals surface area contributed by atoms with Crippen LogP contribution in [0.5, 0.6) is 5.75 Å². The number of hydrogen-bond acceptors (Lipinski definition) is 3. The Labute approximate surface area is 103 Å². The smallest absolute Gasteiger partial charge is 0.331 e. The molecule has 1 rings (SSSR count). The molecule has 3 nitrogen and oxygen atoms in total. The number of ether oxygens (including phenoxy) is 1. The highest BCUT2D eigenvalue weighted by atomic mass is 127. The van der Waals surface area contributed by atoms with E-state index in [1.54, 1.807) is 19.1 Å². The Kier molecular flexibility index (Phi) is 4.10. The third-order valence-corrected chi connectivity index (χ3v) is 2.94. The minimum Gasteiger partial charge on any atom is -0.425 e. The molecular weight excluding hydrogens is 305 g/mol. The van der Waals surface area contributed by atoms with Crippen LogP contribution in [0.4, 0.5) is 0 Å². The van der Waals surface area contributed by atoms with Gasteiger partial charge in [-0.2, -0.15) is 0 Å². The summed E-state index contributed by atoms with van der Waals surface area (Å²) in [4.78, 5) is 11.6. The van der Waals surface area contributed by atoms with E-state index in [4.69, 9.17) is 10.5 Å². The van der Waals surface area contributed by atoms with Crippen LogP contribution in [0.3, 0.4) is 0 Å². The summed E-state index contributed by atoms with van der Waals surface area (Å²) >= 11 is 2.19. The fourth-order valence-electron chi connectivity index (χ4n) is 0.871. The van der Waals surface area contributed by atoms with Crippen molar-refractivity contribution in [2.75, 3.05) is 0 Å². The van der Waals surface area contributed by atoms with E-state index in [0.29, 0.717) is 12.2 Å². The van der Waals surface area contributed by atoms with Gasteiger partial charge in [-0.3, -0.25) is 0 Å². The molecule has 0 aliphatic rings. The van der Waals surface area contributed by atoms with E-state index in [2.05, 4.69) is 22.6 Å². The predicted octanol–water partition coefficient (Wildman–Crippen LogP) is 2.32. The fraction of sp³-hybridized carbons (Fsp3) is 0.364. The molecule has 1 aromatic carbocycles. The molecule has 0 amide bonds. The average molecular weight is 319 g/mol. The van der Waals surface area contributed by atoms with E-state index < -0.39 is 11.5 Å². The number of carbonyl (C=O) groups is 1. The molecular formula is C11H14INO2. The highest BCUT2D eigenvalue weighted by Crippen LogP contribution is 2.16. The zero-order valence-corrected chi connectivity index (χ0v) is 10.9. The Balaban J connectivity index is 2.71. The van der Waals surface area contributed by atoms with E-state index in [9.17, 15) is 4.79 Å². The molecule has 4 heteroatoms. The standard InChI is InChI=1S/C11H14INO2/c1-3-11(2,13)10(14)15-9-6-4-8(12)5-7-9/h4-7H,3,13H2,1-2H3. The van der Waals surface area contributed by atoms with Gasteiger partial charge >= 0.3 is 5.97 Å². The van der Waals surface area contributed by atoms with Gasteiger partial charge in [0.25, 0.3) is 0 Å². The number of rotatable bonds is 3. The van der Waals surface area contributed by atoms with Crippen LogP contribution < -0.4 is 10.5 Å². The SMILES string of the molecule is CCC(C)(N)C(=O)Oc1ccc(I)cc1. The van der Waals surface area contributed by atoms with E-state index in [0.717, 1.165) is 3.57 Å². The van der Waals surface area contributed by atoms with Crippen molar-refractivity contribution >= 4 is 28.6 Å². The van der Waals surface area contributed by atoms with E-state index in [-0.39, 0.29) is 0 Å². The van der Waals surface area contributed by atoms with E-state index in [1.165, 1.54) is 0 Å². The Morgan fingerprint density at radius 2 is 2.00 bits per heavy atom. The maximum absolute atomic E-state index is 11.6. The monoisotopic (exact) mass is 319 g/mol. The lowest BCUT2D eigenvalue weighted by molar-refractivity contribution is -0.139. The number of nitrogens with two attached hydrogens (primary N) is 1. The summed E-state index contributed by atoms with van der Waals surface area (Å²) in [5.74, 6) is 0.136. The summed E-state index contributed by atoms with van der Waals surface area (Å²) < 4.78 is 6.25. The van der Waals surface area contributed by atoms with Crippen LogP contribution in [-0.4, -0.2) is 11.5 Å². The van der Waals surface area contributed by atoms with Crippen LogP contribution in [0.1, 0.15) is 20.3 Å². The van der Waals surface area contributed by atoms with Crippen molar-refractivity contribution in [3.05, 3.63) is 27.8 Å².